The van der Waals surface area contributed by atoms with Crippen LogP contribution in [0.3, 0.4) is 0 Å². The summed E-state index contributed by atoms with van der Waals surface area (Å²) < 4.78 is 1.76. The van der Waals surface area contributed by atoms with Crippen molar-refractivity contribution < 1.29 is 5.11 Å². The summed E-state index contributed by atoms with van der Waals surface area (Å²) >= 11 is 0. The van der Waals surface area contributed by atoms with E-state index in [4.69, 9.17) is 0 Å². The molecule has 0 amide bonds. The van der Waals surface area contributed by atoms with Crippen molar-refractivity contribution in [1.29, 1.82) is 0 Å². The van der Waals surface area contributed by atoms with E-state index in [0.717, 1.165) is 0 Å². The van der Waals surface area contributed by atoms with Crippen molar-refractivity contribution in [2.75, 3.05) is 0 Å². The fourth-order valence-electron chi connectivity index (χ4n) is 1.97. The Bertz CT molecular complexity index is 489. The summed E-state index contributed by atoms with van der Waals surface area (Å²) in [5.41, 5.74) is 0.975. The Labute approximate surface area is 107 Å². The van der Waals surface area contributed by atoms with Crippen LogP contribution < -0.4 is 0 Å². The highest BCUT2D eigenvalue weighted by Crippen LogP contribution is 2.26. The van der Waals surface area contributed by atoms with Crippen molar-refractivity contribution >= 4 is 0 Å². The maximum absolute atomic E-state index is 10.4. The van der Waals surface area contributed by atoms with E-state index in [0.29, 0.717) is 25.1 Å². The van der Waals surface area contributed by atoms with E-state index in [9.17, 15) is 5.11 Å². The first-order valence-electron chi connectivity index (χ1n) is 6.35. The molecule has 0 unspecified atom stereocenters. The second-order valence-electron chi connectivity index (χ2n) is 4.53. The minimum absolute atomic E-state index is 0.646. The molecule has 1 aromatic heterocycles. The average Bonchev–Trinajstić information content (AvgIpc) is 2.88. The van der Waals surface area contributed by atoms with Crippen molar-refractivity contribution in [3.8, 4) is 0 Å². The van der Waals surface area contributed by atoms with E-state index >= 15 is 0 Å². The van der Waals surface area contributed by atoms with Crippen molar-refractivity contribution in [3.05, 3.63) is 47.8 Å². The lowest BCUT2D eigenvalue weighted by Crippen LogP contribution is -2.23. The van der Waals surface area contributed by atoms with E-state index in [1.165, 1.54) is 5.56 Å². The predicted octanol–water partition coefficient (Wildman–Crippen LogP) is 2.33. The van der Waals surface area contributed by atoms with E-state index < -0.39 is 5.60 Å². The highest BCUT2D eigenvalue weighted by Gasteiger charge is 2.28. The molecule has 0 aliphatic heterocycles. The molecule has 0 saturated carbocycles. The van der Waals surface area contributed by atoms with Gasteiger partial charge in [-0.1, -0.05) is 49.4 Å². The van der Waals surface area contributed by atoms with Crippen LogP contribution in [0, 0.1) is 0 Å². The molecule has 0 atom stereocenters. The van der Waals surface area contributed by atoms with Crippen LogP contribution in [0.5, 0.6) is 0 Å². The van der Waals surface area contributed by atoms with Crippen LogP contribution in [0.1, 0.15) is 37.9 Å². The number of hydrogen-bond acceptors (Lipinski definition) is 3. The lowest BCUT2D eigenvalue weighted by molar-refractivity contribution is 0.0239. The van der Waals surface area contributed by atoms with E-state index in [2.05, 4.69) is 10.3 Å². The molecule has 0 spiro atoms. The zero-order valence-corrected chi connectivity index (χ0v) is 10.9. The molecule has 1 heterocycles. The molecule has 0 aliphatic rings. The van der Waals surface area contributed by atoms with Gasteiger partial charge in [0.15, 0.2) is 0 Å². The van der Waals surface area contributed by atoms with Crippen LogP contribution in [-0.4, -0.2) is 20.1 Å². The van der Waals surface area contributed by atoms with Crippen molar-refractivity contribution in [3.63, 3.8) is 0 Å². The maximum Gasteiger partial charge on any atom is 0.114 e. The minimum Gasteiger partial charge on any atom is -0.383 e. The standard InChI is InChI=1S/C14H19N3O/c1-3-14(18,4-2)13-11-17(16-15-13)10-12-8-6-5-7-9-12/h5-9,11,18H,3-4,10H2,1-2H3. The third kappa shape index (κ3) is 2.59. The van der Waals surface area contributed by atoms with Crippen molar-refractivity contribution in [2.45, 2.75) is 38.8 Å². The largest absolute Gasteiger partial charge is 0.383 e. The van der Waals surface area contributed by atoms with Gasteiger partial charge >= 0.3 is 0 Å². The molecule has 1 aromatic carbocycles. The summed E-state index contributed by atoms with van der Waals surface area (Å²) in [7, 11) is 0. The van der Waals surface area contributed by atoms with Gasteiger partial charge in [-0.05, 0) is 18.4 Å². The van der Waals surface area contributed by atoms with Gasteiger partial charge in [-0.15, -0.1) is 5.10 Å². The molecule has 1 N–H and O–H groups in total. The molecule has 0 bridgehead atoms. The normalized spacial score (nSPS) is 11.7. The van der Waals surface area contributed by atoms with Gasteiger partial charge in [0.1, 0.15) is 11.3 Å². The SMILES string of the molecule is CCC(O)(CC)c1cn(Cc2ccccc2)nn1. The maximum atomic E-state index is 10.4. The minimum atomic E-state index is -0.852. The smallest absolute Gasteiger partial charge is 0.114 e. The number of benzene rings is 1. The van der Waals surface area contributed by atoms with Crippen molar-refractivity contribution in [2.24, 2.45) is 0 Å². The van der Waals surface area contributed by atoms with Gasteiger partial charge in [-0.3, -0.25) is 0 Å². The van der Waals surface area contributed by atoms with Crippen LogP contribution in [0.4, 0.5) is 0 Å². The Morgan fingerprint density at radius 3 is 2.44 bits per heavy atom. The number of aromatic nitrogens is 3. The molecule has 0 radical (unpaired) electrons. The molecule has 2 aromatic rings. The van der Waals surface area contributed by atoms with Crippen LogP contribution in [0.2, 0.25) is 0 Å². The first-order chi connectivity index (χ1) is 8.68. The summed E-state index contributed by atoms with van der Waals surface area (Å²) in [5, 5.41) is 18.5. The molecule has 4 nitrogen and oxygen atoms in total. The predicted molar refractivity (Wildman–Crippen MR) is 70.0 cm³/mol. The van der Waals surface area contributed by atoms with Crippen LogP contribution in [0.15, 0.2) is 36.5 Å². The van der Waals surface area contributed by atoms with Crippen LogP contribution >= 0.6 is 0 Å². The highest BCUT2D eigenvalue weighted by atomic mass is 16.3. The topological polar surface area (TPSA) is 50.9 Å². The first-order valence-corrected chi connectivity index (χ1v) is 6.35. The number of rotatable bonds is 5. The zero-order valence-electron chi connectivity index (χ0n) is 10.9. The van der Waals surface area contributed by atoms with Gasteiger partial charge in [0.05, 0.1) is 12.7 Å². The quantitative estimate of drug-likeness (QED) is 0.879. The fraction of sp³-hybridized carbons (Fsp3) is 0.429. The van der Waals surface area contributed by atoms with Crippen LogP contribution in [-0.2, 0) is 12.1 Å². The Kier molecular flexibility index (Phi) is 3.77. The third-order valence-corrected chi connectivity index (χ3v) is 3.37. The lowest BCUT2D eigenvalue weighted by atomic mass is 9.94. The van der Waals surface area contributed by atoms with Gasteiger partial charge in [-0.25, -0.2) is 4.68 Å². The highest BCUT2D eigenvalue weighted by molar-refractivity contribution is 5.15. The Morgan fingerprint density at radius 1 is 1.17 bits per heavy atom. The average molecular weight is 245 g/mol. The zero-order chi connectivity index (χ0) is 13.0. The lowest BCUT2D eigenvalue weighted by Gasteiger charge is -2.21. The van der Waals surface area contributed by atoms with Gasteiger partial charge in [0, 0.05) is 0 Å². The molecule has 4 heteroatoms. The molecule has 0 fully saturated rings. The van der Waals surface area contributed by atoms with E-state index in [1.807, 2.05) is 50.4 Å². The molecule has 18 heavy (non-hydrogen) atoms. The molecule has 2 rings (SSSR count). The molecular weight excluding hydrogens is 226 g/mol. The first kappa shape index (κ1) is 12.8. The van der Waals surface area contributed by atoms with Gasteiger partial charge < -0.3 is 5.11 Å². The number of hydrogen-bond donors (Lipinski definition) is 1. The Hall–Kier alpha value is -1.68. The molecule has 0 aliphatic carbocycles. The number of nitrogens with zero attached hydrogens (tertiary/aromatic N) is 3. The molecular formula is C14H19N3O. The second kappa shape index (κ2) is 5.31. The second-order valence-corrected chi connectivity index (χ2v) is 4.53. The van der Waals surface area contributed by atoms with E-state index in [-0.39, 0.29) is 0 Å². The molecule has 96 valence electrons. The third-order valence-electron chi connectivity index (χ3n) is 3.37. The summed E-state index contributed by atoms with van der Waals surface area (Å²) in [6.07, 6.45) is 3.13. The fourth-order valence-corrected chi connectivity index (χ4v) is 1.97. The summed E-state index contributed by atoms with van der Waals surface area (Å²) in [4.78, 5) is 0. The summed E-state index contributed by atoms with van der Waals surface area (Å²) in [5.74, 6) is 0. The van der Waals surface area contributed by atoms with Gasteiger partial charge in [0.25, 0.3) is 0 Å². The van der Waals surface area contributed by atoms with Crippen molar-refractivity contribution in [1.82, 2.24) is 15.0 Å². The Balaban J connectivity index is 2.16. The Morgan fingerprint density at radius 2 is 1.83 bits per heavy atom. The van der Waals surface area contributed by atoms with Crippen LogP contribution in [0.25, 0.3) is 0 Å². The summed E-state index contributed by atoms with van der Waals surface area (Å²) in [6, 6.07) is 10.1. The van der Waals surface area contributed by atoms with Gasteiger partial charge in [0.2, 0.25) is 0 Å². The monoisotopic (exact) mass is 245 g/mol. The van der Waals surface area contributed by atoms with E-state index in [1.54, 1.807) is 4.68 Å². The van der Waals surface area contributed by atoms with Gasteiger partial charge in [-0.2, -0.15) is 0 Å². The number of aliphatic hydroxyl groups is 1. The summed E-state index contributed by atoms with van der Waals surface area (Å²) in [6.45, 7) is 4.59. The molecule has 0 saturated heterocycles.